The fourth-order valence-corrected chi connectivity index (χ4v) is 4.44. The summed E-state index contributed by atoms with van der Waals surface area (Å²) >= 11 is 0. The van der Waals surface area contributed by atoms with Gasteiger partial charge in [-0.2, -0.15) is 5.10 Å². The van der Waals surface area contributed by atoms with Gasteiger partial charge in [-0.05, 0) is 60.9 Å². The van der Waals surface area contributed by atoms with Gasteiger partial charge in [0.25, 0.3) is 5.56 Å². The predicted octanol–water partition coefficient (Wildman–Crippen LogP) is 3.70. The standard InChI is InChI=1S/C28H33N5O4/c1-18(2)16-32-17-22(15-29-32)21-8-5-20(6-9-21)7-11-26(34)24(28(36)37)12-13-33-27(35)23-10-4-19(3)14-25(23)30-31-33/h4-6,8-10,14-15,17-18,24,26,34H,7,11-13,16H2,1-3H3,(H,36,37)/t24-,26+/m0/s1. The lowest BCUT2D eigenvalue weighted by Crippen LogP contribution is -2.32. The molecule has 2 aromatic heterocycles. The van der Waals surface area contributed by atoms with E-state index in [-0.39, 0.29) is 18.5 Å². The number of rotatable bonds is 11. The molecule has 0 aliphatic carbocycles. The molecule has 194 valence electrons. The molecule has 0 amide bonds. The molecule has 2 heterocycles. The number of aliphatic carboxylic acids is 1. The summed E-state index contributed by atoms with van der Waals surface area (Å²) in [4.78, 5) is 24.6. The van der Waals surface area contributed by atoms with Crippen molar-refractivity contribution >= 4 is 16.9 Å². The lowest BCUT2D eigenvalue weighted by Gasteiger charge is -2.19. The van der Waals surface area contributed by atoms with Crippen LogP contribution in [0.25, 0.3) is 22.0 Å². The minimum absolute atomic E-state index is 0.0584. The number of carboxylic acid groups (broad SMARTS) is 1. The average molecular weight is 504 g/mol. The third kappa shape index (κ3) is 6.48. The molecule has 0 fully saturated rings. The van der Waals surface area contributed by atoms with Gasteiger partial charge in [-0.3, -0.25) is 14.3 Å². The quantitative estimate of drug-likeness (QED) is 0.320. The van der Waals surface area contributed by atoms with E-state index in [1.165, 1.54) is 4.68 Å². The molecule has 37 heavy (non-hydrogen) atoms. The van der Waals surface area contributed by atoms with Crippen molar-refractivity contribution in [3.8, 4) is 11.1 Å². The van der Waals surface area contributed by atoms with Crippen molar-refractivity contribution in [3.63, 3.8) is 0 Å². The summed E-state index contributed by atoms with van der Waals surface area (Å²) in [6, 6.07) is 13.3. The van der Waals surface area contributed by atoms with Crippen molar-refractivity contribution in [2.24, 2.45) is 11.8 Å². The van der Waals surface area contributed by atoms with Crippen LogP contribution in [0.3, 0.4) is 0 Å². The number of aromatic nitrogens is 5. The van der Waals surface area contributed by atoms with Crippen LogP contribution in [0, 0.1) is 18.8 Å². The van der Waals surface area contributed by atoms with Gasteiger partial charge in [-0.15, -0.1) is 5.10 Å². The molecule has 9 nitrogen and oxygen atoms in total. The molecule has 0 bridgehead atoms. The monoisotopic (exact) mass is 503 g/mol. The van der Waals surface area contributed by atoms with Gasteiger partial charge in [0.05, 0.1) is 23.6 Å². The lowest BCUT2D eigenvalue weighted by molar-refractivity contribution is -0.146. The summed E-state index contributed by atoms with van der Waals surface area (Å²) in [5.74, 6) is -1.60. The number of aliphatic hydroxyl groups excluding tert-OH is 1. The summed E-state index contributed by atoms with van der Waals surface area (Å²) in [5.41, 5.74) is 4.26. The number of hydrogen-bond donors (Lipinski definition) is 2. The number of carbonyl (C=O) groups is 1. The molecule has 4 rings (SSSR count). The fraction of sp³-hybridized carbons (Fsp3) is 0.393. The third-order valence-corrected chi connectivity index (χ3v) is 6.51. The highest BCUT2D eigenvalue weighted by Gasteiger charge is 2.26. The third-order valence-electron chi connectivity index (χ3n) is 6.51. The van der Waals surface area contributed by atoms with E-state index in [9.17, 15) is 19.8 Å². The van der Waals surface area contributed by atoms with E-state index in [0.29, 0.717) is 29.7 Å². The van der Waals surface area contributed by atoms with Crippen LogP contribution in [-0.2, 0) is 24.3 Å². The van der Waals surface area contributed by atoms with Crippen LogP contribution in [0.5, 0.6) is 0 Å². The second-order valence-corrected chi connectivity index (χ2v) is 10.0. The maximum absolute atomic E-state index is 12.7. The summed E-state index contributed by atoms with van der Waals surface area (Å²) in [7, 11) is 0. The summed E-state index contributed by atoms with van der Waals surface area (Å²) < 4.78 is 3.11. The van der Waals surface area contributed by atoms with E-state index in [0.717, 1.165) is 28.8 Å². The molecular formula is C28H33N5O4. The fourth-order valence-electron chi connectivity index (χ4n) is 4.44. The van der Waals surface area contributed by atoms with Gasteiger partial charge in [0.2, 0.25) is 0 Å². The second kappa shape index (κ2) is 11.5. The first-order valence-corrected chi connectivity index (χ1v) is 12.6. The maximum atomic E-state index is 12.7. The Kier molecular flexibility index (Phi) is 8.13. The normalized spacial score (nSPS) is 13.2. The Balaban J connectivity index is 1.35. The van der Waals surface area contributed by atoms with Crippen molar-refractivity contribution < 1.29 is 15.0 Å². The van der Waals surface area contributed by atoms with Gasteiger partial charge in [-0.1, -0.05) is 49.4 Å². The predicted molar refractivity (Wildman–Crippen MR) is 141 cm³/mol. The van der Waals surface area contributed by atoms with E-state index in [4.69, 9.17) is 0 Å². The van der Waals surface area contributed by atoms with Crippen LogP contribution in [0.2, 0.25) is 0 Å². The molecule has 2 N–H and O–H groups in total. The van der Waals surface area contributed by atoms with E-state index in [2.05, 4.69) is 29.3 Å². The lowest BCUT2D eigenvalue weighted by atomic mass is 9.93. The molecule has 0 aliphatic heterocycles. The van der Waals surface area contributed by atoms with Gasteiger partial charge in [-0.25, -0.2) is 4.68 Å². The van der Waals surface area contributed by atoms with Crippen LogP contribution in [0.15, 0.2) is 59.7 Å². The highest BCUT2D eigenvalue weighted by molar-refractivity contribution is 5.77. The van der Waals surface area contributed by atoms with Crippen molar-refractivity contribution in [1.82, 2.24) is 24.8 Å². The zero-order chi connectivity index (χ0) is 26.5. The zero-order valence-electron chi connectivity index (χ0n) is 21.4. The zero-order valence-corrected chi connectivity index (χ0v) is 21.4. The Hall–Kier alpha value is -3.85. The summed E-state index contributed by atoms with van der Waals surface area (Å²) in [6.45, 7) is 7.13. The van der Waals surface area contributed by atoms with E-state index in [1.807, 2.05) is 54.3 Å². The summed E-state index contributed by atoms with van der Waals surface area (Å²) in [6.07, 6.45) is 3.72. The SMILES string of the molecule is Cc1ccc2c(=O)n(CC[C@H](C(=O)O)[C@H](O)CCc3ccc(-c4cnn(CC(C)C)c4)cc3)nnc2c1. The van der Waals surface area contributed by atoms with Crippen molar-refractivity contribution in [2.45, 2.75) is 59.2 Å². The minimum atomic E-state index is -1.10. The number of benzene rings is 2. The van der Waals surface area contributed by atoms with Crippen molar-refractivity contribution in [2.75, 3.05) is 0 Å². The molecule has 0 radical (unpaired) electrons. The maximum Gasteiger partial charge on any atom is 0.309 e. The second-order valence-electron chi connectivity index (χ2n) is 10.0. The van der Waals surface area contributed by atoms with Crippen LogP contribution in [0.1, 0.15) is 37.8 Å². The number of nitrogens with zero attached hydrogens (tertiary/aromatic N) is 5. The Morgan fingerprint density at radius 1 is 1.05 bits per heavy atom. The number of carboxylic acids is 1. The average Bonchev–Trinajstić information content (AvgIpc) is 3.32. The van der Waals surface area contributed by atoms with E-state index < -0.39 is 18.0 Å². The van der Waals surface area contributed by atoms with E-state index in [1.54, 1.807) is 12.1 Å². The van der Waals surface area contributed by atoms with Crippen LogP contribution in [-0.4, -0.2) is 47.1 Å². The van der Waals surface area contributed by atoms with Gasteiger partial charge in [0.15, 0.2) is 0 Å². The van der Waals surface area contributed by atoms with Gasteiger partial charge in [0, 0.05) is 24.8 Å². The number of fused-ring (bicyclic) bond motifs is 1. The molecule has 0 spiro atoms. The molecule has 4 aromatic rings. The molecule has 0 saturated heterocycles. The highest BCUT2D eigenvalue weighted by atomic mass is 16.4. The van der Waals surface area contributed by atoms with Gasteiger partial charge in [0.1, 0.15) is 5.52 Å². The Morgan fingerprint density at radius 3 is 2.51 bits per heavy atom. The van der Waals surface area contributed by atoms with E-state index >= 15 is 0 Å². The van der Waals surface area contributed by atoms with Crippen molar-refractivity contribution in [3.05, 3.63) is 76.3 Å². The molecular weight excluding hydrogens is 470 g/mol. The Bertz CT molecular complexity index is 1420. The van der Waals surface area contributed by atoms with Gasteiger partial charge >= 0.3 is 5.97 Å². The largest absolute Gasteiger partial charge is 0.481 e. The molecule has 2 atom stereocenters. The first-order chi connectivity index (χ1) is 17.7. The Morgan fingerprint density at radius 2 is 1.81 bits per heavy atom. The summed E-state index contributed by atoms with van der Waals surface area (Å²) in [5, 5.41) is 33.3. The van der Waals surface area contributed by atoms with Crippen molar-refractivity contribution in [1.29, 1.82) is 0 Å². The highest BCUT2D eigenvalue weighted by Crippen LogP contribution is 2.22. The smallest absolute Gasteiger partial charge is 0.309 e. The number of aryl methyl sites for hydroxylation is 3. The minimum Gasteiger partial charge on any atom is -0.481 e. The van der Waals surface area contributed by atoms with Gasteiger partial charge < -0.3 is 10.2 Å². The topological polar surface area (TPSA) is 123 Å². The number of aliphatic hydroxyl groups is 1. The van der Waals surface area contributed by atoms with Crippen LogP contribution < -0.4 is 5.56 Å². The first kappa shape index (κ1) is 26.2. The molecule has 0 saturated carbocycles. The number of hydrogen-bond acceptors (Lipinski definition) is 6. The molecule has 0 unspecified atom stereocenters. The molecule has 0 aliphatic rings. The first-order valence-electron chi connectivity index (χ1n) is 12.6. The molecule has 2 aromatic carbocycles. The van der Waals surface area contributed by atoms with Crippen LogP contribution in [0.4, 0.5) is 0 Å². The molecule has 9 heteroatoms. The van der Waals surface area contributed by atoms with Crippen LogP contribution >= 0.6 is 0 Å². The Labute approximate surface area is 215 Å².